The first-order valence-electron chi connectivity index (χ1n) is 13.3. The summed E-state index contributed by atoms with van der Waals surface area (Å²) in [6.07, 6.45) is 2.75. The Bertz CT molecular complexity index is 1520. The van der Waals surface area contributed by atoms with Crippen LogP contribution in [0.25, 0.3) is 0 Å². The van der Waals surface area contributed by atoms with Gasteiger partial charge in [-0.1, -0.05) is 61.6 Å². The van der Waals surface area contributed by atoms with Gasteiger partial charge in [-0.15, -0.1) is 0 Å². The number of thioether (sulfide) groups is 1. The summed E-state index contributed by atoms with van der Waals surface area (Å²) >= 11 is 3.68. The predicted octanol–water partition coefficient (Wildman–Crippen LogP) is 6.77. The van der Waals surface area contributed by atoms with Gasteiger partial charge in [0, 0.05) is 9.27 Å². The number of alkyl halides is 3. The Labute approximate surface area is 265 Å². The van der Waals surface area contributed by atoms with Crippen LogP contribution in [0.15, 0.2) is 74.6 Å². The molecule has 2 aromatic carbocycles. The Morgan fingerprint density at radius 3 is 2.42 bits per heavy atom. The van der Waals surface area contributed by atoms with Crippen molar-refractivity contribution in [1.29, 1.82) is 0 Å². The van der Waals surface area contributed by atoms with Crippen molar-refractivity contribution in [3.8, 4) is 0 Å². The van der Waals surface area contributed by atoms with Crippen molar-refractivity contribution in [3.63, 3.8) is 0 Å². The molecule has 4 rings (SSSR count). The van der Waals surface area contributed by atoms with Crippen molar-refractivity contribution in [3.05, 3.63) is 86.5 Å². The molecule has 0 saturated carbocycles. The van der Waals surface area contributed by atoms with Gasteiger partial charge in [0.2, 0.25) is 11.8 Å². The molecule has 0 spiro atoms. The monoisotopic (exact) mass is 725 g/mol. The standard InChI is InChI=1S/C30H31F3IN5O3S/c1-17-14-18(15-39-26(41)24(37-38-39)19-9-11-20(12-10-19)30(31,32)33)8-13-22(17)36-25(40)21-6-5-7-23(34)29(21,27(35)42)28(2,3)16-43-4/h5-14,21,24H,15-16H2,1-4H3,(H2,35,42)(H,36,40). The summed E-state index contributed by atoms with van der Waals surface area (Å²) in [7, 11) is 0. The third kappa shape index (κ3) is 6.24. The second-order valence-electron chi connectivity index (χ2n) is 11.1. The number of carbonyl (C=O) groups excluding carboxylic acids is 3. The average Bonchev–Trinajstić information content (AvgIpc) is 3.28. The molecule has 0 aromatic heterocycles. The minimum absolute atomic E-state index is 0.0799. The van der Waals surface area contributed by atoms with E-state index >= 15 is 0 Å². The minimum atomic E-state index is -4.48. The Kier molecular flexibility index (Phi) is 9.45. The van der Waals surface area contributed by atoms with Gasteiger partial charge in [0.05, 0.1) is 18.0 Å². The molecule has 228 valence electrons. The van der Waals surface area contributed by atoms with Gasteiger partial charge < -0.3 is 11.1 Å². The number of allylic oxidation sites excluding steroid dienone is 2. The van der Waals surface area contributed by atoms with Crippen molar-refractivity contribution in [2.45, 2.75) is 39.5 Å². The van der Waals surface area contributed by atoms with Crippen molar-refractivity contribution < 1.29 is 27.6 Å². The highest BCUT2D eigenvalue weighted by Gasteiger charge is 2.59. The smallest absolute Gasteiger partial charge is 0.369 e. The van der Waals surface area contributed by atoms with E-state index in [1.165, 1.54) is 12.1 Å². The largest absolute Gasteiger partial charge is 0.416 e. The van der Waals surface area contributed by atoms with Crippen molar-refractivity contribution in [2.24, 2.45) is 32.8 Å². The highest BCUT2D eigenvalue weighted by atomic mass is 127. The number of nitrogens with one attached hydrogen (secondary N) is 1. The van der Waals surface area contributed by atoms with Crippen LogP contribution in [0.2, 0.25) is 0 Å². The van der Waals surface area contributed by atoms with Gasteiger partial charge in [0.15, 0.2) is 6.04 Å². The molecule has 0 saturated heterocycles. The van der Waals surface area contributed by atoms with E-state index in [1.54, 1.807) is 49.0 Å². The highest BCUT2D eigenvalue weighted by Crippen LogP contribution is 2.56. The van der Waals surface area contributed by atoms with Crippen LogP contribution in [0.1, 0.15) is 42.1 Å². The van der Waals surface area contributed by atoms with Crippen LogP contribution in [0, 0.1) is 23.7 Å². The maximum atomic E-state index is 13.7. The van der Waals surface area contributed by atoms with Gasteiger partial charge in [0.25, 0.3) is 5.91 Å². The van der Waals surface area contributed by atoms with E-state index in [9.17, 15) is 27.6 Å². The SMILES string of the molecule is CSCC(C)(C)C1(C(N)=O)C(I)=CC=CC1C(=O)Nc1ccc(CN2N=NC(c3ccc(C(F)(F)F)cc3)C2=O)cc1C. The number of amides is 3. The number of aryl methyl sites for hydroxylation is 1. The fraction of sp³-hybridized carbons (Fsp3) is 0.367. The zero-order chi connectivity index (χ0) is 31.7. The lowest BCUT2D eigenvalue weighted by Gasteiger charge is -2.48. The van der Waals surface area contributed by atoms with Crippen molar-refractivity contribution in [1.82, 2.24) is 5.01 Å². The molecule has 1 aliphatic carbocycles. The molecule has 3 amide bonds. The van der Waals surface area contributed by atoms with E-state index in [0.29, 0.717) is 31.7 Å². The molecule has 0 fully saturated rings. The fourth-order valence-electron chi connectivity index (χ4n) is 5.65. The summed E-state index contributed by atoms with van der Waals surface area (Å²) in [4.78, 5) is 39.8. The Morgan fingerprint density at radius 1 is 1.16 bits per heavy atom. The molecular formula is C30H31F3IN5O3S. The number of halogens is 4. The van der Waals surface area contributed by atoms with Crippen LogP contribution in [-0.4, -0.2) is 34.7 Å². The van der Waals surface area contributed by atoms with Gasteiger partial charge in [-0.2, -0.15) is 30.0 Å². The van der Waals surface area contributed by atoms with Crippen LogP contribution in [0.5, 0.6) is 0 Å². The van der Waals surface area contributed by atoms with Gasteiger partial charge in [-0.05, 0) is 81.8 Å². The number of hydrogen-bond donors (Lipinski definition) is 2. The van der Waals surface area contributed by atoms with E-state index in [-0.39, 0.29) is 12.5 Å². The van der Waals surface area contributed by atoms with E-state index in [1.807, 2.05) is 26.2 Å². The number of anilines is 1. The number of rotatable bonds is 9. The lowest BCUT2D eigenvalue weighted by atomic mass is 9.57. The maximum absolute atomic E-state index is 13.7. The number of primary amides is 1. The molecule has 8 nitrogen and oxygen atoms in total. The Morgan fingerprint density at radius 2 is 1.84 bits per heavy atom. The fourth-order valence-corrected chi connectivity index (χ4v) is 8.14. The quantitative estimate of drug-likeness (QED) is 0.278. The zero-order valence-electron chi connectivity index (χ0n) is 23.9. The normalized spacial score (nSPS) is 22.1. The number of nitrogens with two attached hydrogens (primary N) is 1. The second kappa shape index (κ2) is 12.4. The number of nitrogens with zero attached hydrogens (tertiary/aromatic N) is 3. The molecule has 1 aliphatic heterocycles. The second-order valence-corrected chi connectivity index (χ2v) is 13.2. The molecule has 3 N–H and O–H groups in total. The number of carbonyl (C=O) groups is 3. The van der Waals surface area contributed by atoms with Gasteiger partial charge >= 0.3 is 6.18 Å². The molecule has 13 heteroatoms. The average molecular weight is 726 g/mol. The Balaban J connectivity index is 1.49. The third-order valence-corrected chi connectivity index (χ3v) is 10.1. The summed E-state index contributed by atoms with van der Waals surface area (Å²) in [6.45, 7) is 5.77. The van der Waals surface area contributed by atoms with E-state index in [2.05, 4.69) is 38.2 Å². The first-order valence-corrected chi connectivity index (χ1v) is 15.7. The molecular weight excluding hydrogens is 694 g/mol. The topological polar surface area (TPSA) is 117 Å². The third-order valence-electron chi connectivity index (χ3n) is 7.83. The first-order chi connectivity index (χ1) is 20.1. The van der Waals surface area contributed by atoms with Crippen LogP contribution in [0.3, 0.4) is 0 Å². The molecule has 43 heavy (non-hydrogen) atoms. The summed E-state index contributed by atoms with van der Waals surface area (Å²) in [5.41, 5.74) is 5.62. The van der Waals surface area contributed by atoms with Gasteiger partial charge in [0.1, 0.15) is 5.41 Å². The summed E-state index contributed by atoms with van der Waals surface area (Å²) in [5, 5.41) is 12.0. The van der Waals surface area contributed by atoms with E-state index < -0.39 is 46.3 Å². The molecule has 3 atom stereocenters. The van der Waals surface area contributed by atoms with Crippen LogP contribution in [0.4, 0.5) is 18.9 Å². The van der Waals surface area contributed by atoms with E-state index in [4.69, 9.17) is 5.73 Å². The maximum Gasteiger partial charge on any atom is 0.416 e. The summed E-state index contributed by atoms with van der Waals surface area (Å²) in [6, 6.07) is 8.48. The lowest BCUT2D eigenvalue weighted by molar-refractivity contribution is -0.139. The molecule has 2 aliphatic rings. The predicted molar refractivity (Wildman–Crippen MR) is 168 cm³/mol. The summed E-state index contributed by atoms with van der Waals surface area (Å²) < 4.78 is 39.4. The highest BCUT2D eigenvalue weighted by molar-refractivity contribution is 14.1. The van der Waals surface area contributed by atoms with Crippen LogP contribution in [-0.2, 0) is 27.1 Å². The lowest BCUT2D eigenvalue weighted by Crippen LogP contribution is -2.57. The molecule has 3 unspecified atom stereocenters. The number of benzene rings is 2. The summed E-state index contributed by atoms with van der Waals surface area (Å²) in [5.74, 6) is -1.63. The zero-order valence-corrected chi connectivity index (χ0v) is 26.9. The van der Waals surface area contributed by atoms with Crippen LogP contribution < -0.4 is 11.1 Å². The minimum Gasteiger partial charge on any atom is -0.369 e. The molecule has 1 heterocycles. The Hall–Kier alpha value is -3.20. The number of hydrogen-bond acceptors (Lipinski definition) is 6. The van der Waals surface area contributed by atoms with Crippen molar-refractivity contribution in [2.75, 3.05) is 17.3 Å². The molecule has 2 aromatic rings. The van der Waals surface area contributed by atoms with E-state index in [0.717, 1.165) is 17.1 Å². The molecule has 0 radical (unpaired) electrons. The van der Waals surface area contributed by atoms with Crippen molar-refractivity contribution >= 4 is 57.8 Å². The van der Waals surface area contributed by atoms with Gasteiger partial charge in [-0.25, -0.2) is 5.01 Å². The van der Waals surface area contributed by atoms with Gasteiger partial charge in [-0.3, -0.25) is 14.4 Å². The first kappa shape index (κ1) is 32.7. The van der Waals surface area contributed by atoms with Crippen LogP contribution >= 0.6 is 34.4 Å². The molecule has 0 bridgehead atoms.